The number of urea groups is 1. The highest BCUT2D eigenvalue weighted by Crippen LogP contribution is 2.29. The van der Waals surface area contributed by atoms with Gasteiger partial charge in [0, 0.05) is 23.7 Å². The Hall–Kier alpha value is -5.14. The van der Waals surface area contributed by atoms with Crippen LogP contribution in [-0.4, -0.2) is 33.6 Å². The van der Waals surface area contributed by atoms with Crippen LogP contribution < -0.4 is 27.1 Å². The number of hydrogen-bond acceptors (Lipinski definition) is 5. The smallest absolute Gasteiger partial charge is 0.364 e. The molecule has 0 fully saturated rings. The van der Waals surface area contributed by atoms with Gasteiger partial charge in [-0.25, -0.2) is 9.78 Å². The molecule has 0 aliphatic carbocycles. The molecule has 0 unspecified atom stereocenters. The number of carbonyl (C=O) groups excluding carboxylic acids is 3. The van der Waals surface area contributed by atoms with E-state index in [-0.39, 0.29) is 29.5 Å². The van der Waals surface area contributed by atoms with Crippen LogP contribution in [0.1, 0.15) is 44.7 Å². The van der Waals surface area contributed by atoms with E-state index in [0.717, 1.165) is 29.8 Å². The highest BCUT2D eigenvalue weighted by Gasteiger charge is 2.30. The number of imidazole rings is 1. The standard InChI is InChI=1S/C24H20F3N8O3/c1-12-10-18(35-34-12)32-22(37)14-4-2-13(3-5-14)11-17-30-19(20(28)36)21(31-17)33-23(38)29-16-8-6-15(7-9-16)24(25,26)27/h2-10H,11H2,1H3,(H2,28,36)(H,30,31)(H2,29,33,38)(H,32,35,37). The third-order valence-corrected chi connectivity index (χ3v) is 5.19. The topological polar surface area (TPSA) is 168 Å². The molecule has 6 N–H and O–H groups in total. The molecule has 0 spiro atoms. The Morgan fingerprint density at radius 1 is 0.974 bits per heavy atom. The minimum Gasteiger partial charge on any atom is -0.364 e. The van der Waals surface area contributed by atoms with E-state index in [2.05, 4.69) is 36.4 Å². The number of anilines is 2. The predicted octanol–water partition coefficient (Wildman–Crippen LogP) is 3.33. The Morgan fingerprint density at radius 3 is 2.24 bits per heavy atom. The fourth-order valence-electron chi connectivity index (χ4n) is 3.40. The van der Waals surface area contributed by atoms with E-state index in [1.165, 1.54) is 0 Å². The number of halogens is 3. The van der Waals surface area contributed by atoms with Gasteiger partial charge < -0.3 is 21.4 Å². The van der Waals surface area contributed by atoms with Crippen LogP contribution in [0, 0.1) is 0 Å². The van der Waals surface area contributed by atoms with Crippen molar-refractivity contribution in [3.63, 3.8) is 0 Å². The van der Waals surface area contributed by atoms with E-state index in [9.17, 15) is 27.6 Å². The van der Waals surface area contributed by atoms with Crippen molar-refractivity contribution in [2.75, 3.05) is 10.6 Å². The first kappa shape index (κ1) is 25.9. The minimum atomic E-state index is -4.51. The van der Waals surface area contributed by atoms with Gasteiger partial charge in [0.15, 0.2) is 11.5 Å². The van der Waals surface area contributed by atoms with E-state index < -0.39 is 23.7 Å². The predicted molar refractivity (Wildman–Crippen MR) is 131 cm³/mol. The van der Waals surface area contributed by atoms with Crippen LogP contribution in [0.5, 0.6) is 0 Å². The van der Waals surface area contributed by atoms with E-state index in [1.54, 1.807) is 37.3 Å². The third-order valence-electron chi connectivity index (χ3n) is 5.19. The molecule has 0 atom stereocenters. The number of nitrogens with zero attached hydrogens (tertiary/aromatic N) is 3. The Balaban J connectivity index is 1.40. The minimum absolute atomic E-state index is 0.0842. The first-order chi connectivity index (χ1) is 18.0. The van der Waals surface area contributed by atoms with Gasteiger partial charge in [-0.1, -0.05) is 12.1 Å². The van der Waals surface area contributed by atoms with Gasteiger partial charge in [-0.15, -0.1) is 5.10 Å². The molecule has 195 valence electrons. The highest BCUT2D eigenvalue weighted by molar-refractivity contribution is 6.10. The number of amidine groups is 1. The van der Waals surface area contributed by atoms with E-state index in [4.69, 9.17) is 5.73 Å². The van der Waals surface area contributed by atoms with Crippen molar-refractivity contribution in [1.82, 2.24) is 20.7 Å². The van der Waals surface area contributed by atoms with Crippen LogP contribution >= 0.6 is 0 Å². The lowest BCUT2D eigenvalue weighted by molar-refractivity contribution is -0.137. The maximum Gasteiger partial charge on any atom is 0.416 e. The van der Waals surface area contributed by atoms with E-state index >= 15 is 0 Å². The zero-order chi connectivity index (χ0) is 27.4. The molecule has 0 saturated heterocycles. The SMILES string of the molecule is CC1=CC(NC(=O)c2ccc(Cc3nc(C(N)=O)c(NC(=O)Nc4ccc(C(F)(F)F)cc4)[nH]3)cc2)=N[N]1. The van der Waals surface area contributed by atoms with Crippen LogP contribution in [0.15, 0.2) is 65.4 Å². The van der Waals surface area contributed by atoms with Crippen molar-refractivity contribution in [3.8, 4) is 0 Å². The van der Waals surface area contributed by atoms with Gasteiger partial charge in [-0.05, 0) is 48.9 Å². The molecule has 2 heterocycles. The van der Waals surface area contributed by atoms with Gasteiger partial charge in [0.05, 0.1) is 11.3 Å². The number of carbonyl (C=O) groups is 3. The van der Waals surface area contributed by atoms with Crippen molar-refractivity contribution in [1.29, 1.82) is 0 Å². The van der Waals surface area contributed by atoms with Crippen molar-refractivity contribution >= 4 is 35.2 Å². The fraction of sp³-hybridized carbons (Fsp3) is 0.125. The third kappa shape index (κ3) is 6.34. The molecule has 0 bridgehead atoms. The molecule has 4 rings (SSSR count). The van der Waals surface area contributed by atoms with Crippen molar-refractivity contribution in [3.05, 3.63) is 88.5 Å². The van der Waals surface area contributed by atoms with E-state index in [1.807, 2.05) is 0 Å². The Labute approximate surface area is 213 Å². The van der Waals surface area contributed by atoms with E-state index in [0.29, 0.717) is 22.9 Å². The molecule has 1 aromatic heterocycles. The molecule has 4 amide bonds. The molecule has 0 saturated carbocycles. The monoisotopic (exact) mass is 525 g/mol. The summed E-state index contributed by atoms with van der Waals surface area (Å²) < 4.78 is 38.1. The average Bonchev–Trinajstić information content (AvgIpc) is 3.44. The number of hydrogen-bond donors (Lipinski definition) is 5. The summed E-state index contributed by atoms with van der Waals surface area (Å²) in [6.45, 7) is 1.75. The first-order valence-electron chi connectivity index (χ1n) is 11.0. The van der Waals surface area contributed by atoms with Crippen LogP contribution in [0.3, 0.4) is 0 Å². The molecule has 2 aromatic carbocycles. The van der Waals surface area contributed by atoms with Crippen LogP contribution in [0.4, 0.5) is 29.5 Å². The Morgan fingerprint density at radius 2 is 1.66 bits per heavy atom. The van der Waals surface area contributed by atoms with Gasteiger partial charge in [0.2, 0.25) is 0 Å². The van der Waals surface area contributed by atoms with Crippen molar-refractivity contribution in [2.24, 2.45) is 10.8 Å². The number of alkyl halides is 3. The lowest BCUT2D eigenvalue weighted by atomic mass is 10.1. The lowest BCUT2D eigenvalue weighted by Crippen LogP contribution is -2.28. The molecule has 38 heavy (non-hydrogen) atoms. The maximum atomic E-state index is 12.7. The summed E-state index contributed by atoms with van der Waals surface area (Å²) in [6, 6.07) is 9.57. The van der Waals surface area contributed by atoms with Crippen LogP contribution in [-0.2, 0) is 12.6 Å². The fourth-order valence-corrected chi connectivity index (χ4v) is 3.40. The number of nitrogens with two attached hydrogens (primary N) is 1. The maximum absolute atomic E-state index is 12.7. The number of amides is 4. The number of aromatic amines is 1. The second kappa shape index (κ2) is 10.5. The normalized spacial score (nSPS) is 12.7. The van der Waals surface area contributed by atoms with Crippen molar-refractivity contribution in [2.45, 2.75) is 19.5 Å². The van der Waals surface area contributed by atoms with Gasteiger partial charge >= 0.3 is 12.2 Å². The zero-order valence-electron chi connectivity index (χ0n) is 19.7. The summed E-state index contributed by atoms with van der Waals surface area (Å²) in [6.07, 6.45) is -2.67. The molecule has 14 heteroatoms. The zero-order valence-corrected chi connectivity index (χ0v) is 19.7. The second-order valence-corrected chi connectivity index (χ2v) is 8.12. The molecule has 1 aliphatic heterocycles. The highest BCUT2D eigenvalue weighted by atomic mass is 19.4. The molecular weight excluding hydrogens is 505 g/mol. The summed E-state index contributed by atoms with van der Waals surface area (Å²) in [5, 5.41) is 11.2. The summed E-state index contributed by atoms with van der Waals surface area (Å²) in [5.41, 5.74) is 9.99. The molecule has 1 aliphatic rings. The summed E-state index contributed by atoms with van der Waals surface area (Å²) in [5.74, 6) is -0.720. The molecule has 3 aromatic rings. The quantitative estimate of drug-likeness (QED) is 0.333. The number of H-pyrrole nitrogens is 1. The Bertz CT molecular complexity index is 1440. The molecular formula is C24H20F3N8O3. The number of primary amides is 1. The van der Waals surface area contributed by atoms with Gasteiger partial charge in [-0.2, -0.15) is 18.6 Å². The summed E-state index contributed by atoms with van der Waals surface area (Å²) in [7, 11) is 0. The summed E-state index contributed by atoms with van der Waals surface area (Å²) >= 11 is 0. The number of benzene rings is 2. The van der Waals surface area contributed by atoms with Gasteiger partial charge in [0.1, 0.15) is 11.6 Å². The van der Waals surface area contributed by atoms with Crippen LogP contribution in [0.2, 0.25) is 0 Å². The number of rotatable bonds is 6. The largest absolute Gasteiger partial charge is 0.416 e. The van der Waals surface area contributed by atoms with Crippen LogP contribution in [0.25, 0.3) is 0 Å². The number of allylic oxidation sites excluding steroid dienone is 1. The first-order valence-corrected chi connectivity index (χ1v) is 11.0. The lowest BCUT2D eigenvalue weighted by Gasteiger charge is -2.09. The van der Waals surface area contributed by atoms with Gasteiger partial charge in [-0.3, -0.25) is 14.9 Å². The molecule has 1 radical (unpaired) electrons. The van der Waals surface area contributed by atoms with Crippen molar-refractivity contribution < 1.29 is 27.6 Å². The summed E-state index contributed by atoms with van der Waals surface area (Å²) in [4.78, 5) is 43.5. The average molecular weight is 525 g/mol. The Kier molecular flexibility index (Phi) is 7.14. The molecule has 11 nitrogen and oxygen atoms in total. The van der Waals surface area contributed by atoms with Gasteiger partial charge in [0.25, 0.3) is 11.8 Å². The number of nitrogens with one attached hydrogen (secondary N) is 4. The number of aromatic nitrogens is 2. The second-order valence-electron chi connectivity index (χ2n) is 8.12.